The Labute approximate surface area is 288 Å². The first-order valence-corrected chi connectivity index (χ1v) is 14.1. The van der Waals surface area contributed by atoms with Gasteiger partial charge >= 0.3 is 6.09 Å². The summed E-state index contributed by atoms with van der Waals surface area (Å²) in [5.41, 5.74) is 22.2. The fourth-order valence-electron chi connectivity index (χ4n) is 3.88. The molecular formula is C28H41Cl2N11O7. The van der Waals surface area contributed by atoms with Crippen LogP contribution in [-0.2, 0) is 25.7 Å². The Morgan fingerprint density at radius 2 is 1.33 bits per heavy atom. The highest BCUT2D eigenvalue weighted by atomic mass is 35.5. The molecule has 0 bridgehead atoms. The third kappa shape index (κ3) is 17.4. The number of guanidine groups is 2. The standard InChI is InChI=1S/C28H39N11O7.2ClH/c29-26(30)33-14-4-8-21(38-28(43)46-17-18-6-2-1-3-7-18)24(41)35-16-23(40)37-22(9-5-15-34-27(31)32)25(42)36-19-10-12-20(13-11-19)39(44)45;;/h1-3,6-7,10-13,21-22H,4-5,8-9,14-17H2,(H,35,41)(H,36,42)(H,37,40)(H,38,43)(H4,29,30,33)(H4,31,32,34);2*1H/t21?,22-;;/m0../s1. The normalized spacial score (nSPS) is 11.1. The van der Waals surface area contributed by atoms with E-state index in [0.717, 1.165) is 5.56 Å². The SMILES string of the molecule is Cl.Cl.NC(N)=NCCCC(NC(=O)OCc1ccccc1)C(=O)NCC(=O)N[C@@H](CCCN=C(N)N)C(=O)Nc1ccc([N+](=O)[O-])cc1. The number of amides is 4. The molecule has 4 amide bonds. The van der Waals surface area contributed by atoms with Gasteiger partial charge in [0.1, 0.15) is 18.7 Å². The average Bonchev–Trinajstić information content (AvgIpc) is 3.02. The number of benzene rings is 2. The molecule has 0 radical (unpaired) electrons. The summed E-state index contributed by atoms with van der Waals surface area (Å²) in [6.45, 7) is -0.175. The Morgan fingerprint density at radius 1 is 0.792 bits per heavy atom. The molecule has 12 N–H and O–H groups in total. The number of rotatable bonds is 18. The van der Waals surface area contributed by atoms with E-state index >= 15 is 0 Å². The minimum Gasteiger partial charge on any atom is -0.445 e. The molecule has 2 rings (SSSR count). The van der Waals surface area contributed by atoms with Crippen LogP contribution >= 0.6 is 24.8 Å². The molecule has 0 aliphatic carbocycles. The molecule has 1 unspecified atom stereocenters. The van der Waals surface area contributed by atoms with Gasteiger partial charge in [-0.2, -0.15) is 0 Å². The lowest BCUT2D eigenvalue weighted by Gasteiger charge is -2.20. The number of nitro benzene ring substituents is 1. The first-order chi connectivity index (χ1) is 21.9. The van der Waals surface area contributed by atoms with Crippen molar-refractivity contribution < 1.29 is 28.8 Å². The molecule has 18 nitrogen and oxygen atoms in total. The second kappa shape index (κ2) is 23.0. The fourth-order valence-corrected chi connectivity index (χ4v) is 3.88. The second-order valence-electron chi connectivity index (χ2n) is 9.79. The van der Waals surface area contributed by atoms with Crippen LogP contribution in [0.25, 0.3) is 0 Å². The summed E-state index contributed by atoms with van der Waals surface area (Å²) in [7, 11) is 0. The number of carbonyl (C=O) groups is 4. The number of hydrogen-bond donors (Lipinski definition) is 8. The number of aliphatic imine (C=N–C) groups is 2. The van der Waals surface area contributed by atoms with Gasteiger partial charge in [-0.25, -0.2) is 4.79 Å². The molecule has 0 aliphatic rings. The van der Waals surface area contributed by atoms with E-state index in [-0.39, 0.29) is 80.6 Å². The number of ether oxygens (including phenoxy) is 1. The van der Waals surface area contributed by atoms with E-state index in [2.05, 4.69) is 31.3 Å². The van der Waals surface area contributed by atoms with Crippen molar-refractivity contribution in [3.63, 3.8) is 0 Å². The smallest absolute Gasteiger partial charge is 0.408 e. The van der Waals surface area contributed by atoms with E-state index in [1.807, 2.05) is 6.07 Å². The lowest BCUT2D eigenvalue weighted by molar-refractivity contribution is -0.384. The summed E-state index contributed by atoms with van der Waals surface area (Å²) in [6, 6.07) is 11.9. The predicted molar refractivity (Wildman–Crippen MR) is 185 cm³/mol. The molecule has 0 saturated carbocycles. The predicted octanol–water partition coefficient (Wildman–Crippen LogP) is 0.380. The number of nitrogens with zero attached hydrogens (tertiary/aromatic N) is 3. The summed E-state index contributed by atoms with van der Waals surface area (Å²) in [5.74, 6) is -2.26. The topological polar surface area (TPSA) is 298 Å². The van der Waals surface area contributed by atoms with Crippen LogP contribution in [0.15, 0.2) is 64.6 Å². The zero-order valence-electron chi connectivity index (χ0n) is 25.8. The molecule has 48 heavy (non-hydrogen) atoms. The van der Waals surface area contributed by atoms with Gasteiger partial charge in [0, 0.05) is 30.9 Å². The van der Waals surface area contributed by atoms with E-state index in [1.165, 1.54) is 24.3 Å². The van der Waals surface area contributed by atoms with Crippen molar-refractivity contribution in [2.24, 2.45) is 32.9 Å². The highest BCUT2D eigenvalue weighted by Gasteiger charge is 2.24. The number of nitrogens with two attached hydrogens (primary N) is 4. The van der Waals surface area contributed by atoms with Crippen molar-refractivity contribution in [2.45, 2.75) is 44.4 Å². The van der Waals surface area contributed by atoms with Gasteiger partial charge in [0.2, 0.25) is 17.7 Å². The van der Waals surface area contributed by atoms with E-state index in [9.17, 15) is 29.3 Å². The summed E-state index contributed by atoms with van der Waals surface area (Å²) >= 11 is 0. The van der Waals surface area contributed by atoms with Crippen molar-refractivity contribution in [3.8, 4) is 0 Å². The molecule has 0 spiro atoms. The number of alkyl carbamates (subject to hydrolysis) is 1. The molecule has 2 aromatic carbocycles. The first kappa shape index (κ1) is 42.6. The van der Waals surface area contributed by atoms with Crippen LogP contribution < -0.4 is 44.2 Å². The third-order valence-corrected chi connectivity index (χ3v) is 6.13. The number of hydrogen-bond acceptors (Lipinski definition) is 9. The zero-order valence-corrected chi connectivity index (χ0v) is 27.5. The Balaban J connectivity index is 0.0000110. The number of carbonyl (C=O) groups excluding carboxylic acids is 4. The monoisotopic (exact) mass is 713 g/mol. The zero-order chi connectivity index (χ0) is 33.9. The Bertz CT molecular complexity index is 1390. The van der Waals surface area contributed by atoms with Crippen LogP contribution in [0.3, 0.4) is 0 Å². The van der Waals surface area contributed by atoms with Crippen molar-refractivity contribution in [2.75, 3.05) is 25.0 Å². The van der Waals surface area contributed by atoms with Gasteiger partial charge in [-0.3, -0.25) is 34.5 Å². The van der Waals surface area contributed by atoms with Gasteiger partial charge < -0.3 is 48.9 Å². The summed E-state index contributed by atoms with van der Waals surface area (Å²) < 4.78 is 5.21. The van der Waals surface area contributed by atoms with Crippen LogP contribution in [0.5, 0.6) is 0 Å². The number of anilines is 1. The van der Waals surface area contributed by atoms with Gasteiger partial charge in [-0.1, -0.05) is 30.3 Å². The van der Waals surface area contributed by atoms with Crippen LogP contribution in [0, 0.1) is 10.1 Å². The summed E-state index contributed by atoms with van der Waals surface area (Å²) in [5, 5.41) is 21.0. The fraction of sp³-hybridized carbons (Fsp3) is 0.357. The van der Waals surface area contributed by atoms with Gasteiger partial charge in [-0.15, -0.1) is 24.8 Å². The van der Waals surface area contributed by atoms with Gasteiger partial charge in [0.05, 0.1) is 11.5 Å². The Morgan fingerprint density at radius 3 is 1.85 bits per heavy atom. The highest BCUT2D eigenvalue weighted by molar-refractivity contribution is 5.98. The van der Waals surface area contributed by atoms with E-state index in [0.29, 0.717) is 12.8 Å². The molecule has 264 valence electrons. The summed E-state index contributed by atoms with van der Waals surface area (Å²) in [6.07, 6.45) is 0.0317. The van der Waals surface area contributed by atoms with Crippen molar-refractivity contribution in [1.29, 1.82) is 0 Å². The minimum absolute atomic E-state index is 0. The van der Waals surface area contributed by atoms with E-state index in [4.69, 9.17) is 27.7 Å². The van der Waals surface area contributed by atoms with Crippen LogP contribution in [0.2, 0.25) is 0 Å². The van der Waals surface area contributed by atoms with Gasteiger partial charge in [0.25, 0.3) is 5.69 Å². The quantitative estimate of drug-likeness (QED) is 0.0343. The van der Waals surface area contributed by atoms with Crippen LogP contribution in [-0.4, -0.2) is 72.4 Å². The van der Waals surface area contributed by atoms with Crippen LogP contribution in [0.4, 0.5) is 16.2 Å². The number of nitro groups is 1. The maximum absolute atomic E-state index is 13.0. The van der Waals surface area contributed by atoms with E-state index in [1.54, 1.807) is 24.3 Å². The lowest BCUT2D eigenvalue weighted by Crippen LogP contribution is -2.51. The molecule has 2 aromatic rings. The molecule has 0 aliphatic heterocycles. The number of non-ortho nitro benzene ring substituents is 1. The van der Waals surface area contributed by atoms with Gasteiger partial charge in [-0.05, 0) is 43.4 Å². The Kier molecular flexibility index (Phi) is 20.5. The average molecular weight is 715 g/mol. The number of halogens is 2. The minimum atomic E-state index is -1.09. The van der Waals surface area contributed by atoms with Crippen molar-refractivity contribution in [3.05, 3.63) is 70.3 Å². The van der Waals surface area contributed by atoms with Crippen LogP contribution in [0.1, 0.15) is 31.2 Å². The largest absolute Gasteiger partial charge is 0.445 e. The van der Waals surface area contributed by atoms with Crippen molar-refractivity contribution >= 4 is 71.9 Å². The molecule has 0 fully saturated rings. The second-order valence-corrected chi connectivity index (χ2v) is 9.79. The van der Waals surface area contributed by atoms with E-state index < -0.39 is 47.4 Å². The third-order valence-electron chi connectivity index (χ3n) is 6.13. The maximum atomic E-state index is 13.0. The molecule has 0 heterocycles. The van der Waals surface area contributed by atoms with Gasteiger partial charge in [0.15, 0.2) is 11.9 Å². The number of nitrogens with one attached hydrogen (secondary N) is 4. The van der Waals surface area contributed by atoms with Crippen molar-refractivity contribution in [1.82, 2.24) is 16.0 Å². The highest BCUT2D eigenvalue weighted by Crippen LogP contribution is 2.16. The lowest BCUT2D eigenvalue weighted by atomic mass is 10.1. The maximum Gasteiger partial charge on any atom is 0.408 e. The molecule has 0 saturated heterocycles. The molecule has 2 atom stereocenters. The molecule has 20 heteroatoms. The summed E-state index contributed by atoms with van der Waals surface area (Å²) in [4.78, 5) is 69.3. The Hall–Kier alpha value is -5.36. The first-order valence-electron chi connectivity index (χ1n) is 14.1. The molecule has 0 aromatic heterocycles. The molecular weight excluding hydrogens is 673 g/mol.